The minimum atomic E-state index is -0.386. The number of hydrogen-bond donors (Lipinski definition) is 0. The van der Waals surface area contributed by atoms with Crippen LogP contribution in [0.5, 0.6) is 5.75 Å². The normalized spacial score (nSPS) is 10.0. The fourth-order valence-electron chi connectivity index (χ4n) is 1.61. The molecule has 0 aliphatic heterocycles. The van der Waals surface area contributed by atoms with Gasteiger partial charge in [0.1, 0.15) is 12.4 Å². The van der Waals surface area contributed by atoms with E-state index in [4.69, 9.17) is 16.3 Å². The summed E-state index contributed by atoms with van der Waals surface area (Å²) in [6, 6.07) is 14.3. The summed E-state index contributed by atoms with van der Waals surface area (Å²) in [5, 5.41) is 0.659. The van der Waals surface area contributed by atoms with Gasteiger partial charge in [-0.2, -0.15) is 0 Å². The molecule has 0 bridgehead atoms. The maximum absolute atomic E-state index is 11.4. The second-order valence-corrected chi connectivity index (χ2v) is 4.31. The SMILES string of the molecule is COC(=O)c1cccc(OCc2ccccc2Cl)c1. The van der Waals surface area contributed by atoms with Crippen LogP contribution < -0.4 is 4.74 Å². The Morgan fingerprint density at radius 2 is 1.95 bits per heavy atom. The summed E-state index contributed by atoms with van der Waals surface area (Å²) in [6.45, 7) is 0.351. The van der Waals surface area contributed by atoms with Crippen LogP contribution in [0.1, 0.15) is 15.9 Å². The second-order valence-electron chi connectivity index (χ2n) is 3.90. The van der Waals surface area contributed by atoms with E-state index in [0.717, 1.165) is 5.56 Å². The van der Waals surface area contributed by atoms with E-state index >= 15 is 0 Å². The lowest BCUT2D eigenvalue weighted by Gasteiger charge is -2.08. The summed E-state index contributed by atoms with van der Waals surface area (Å²) in [5.41, 5.74) is 1.35. The summed E-state index contributed by atoms with van der Waals surface area (Å²) in [7, 11) is 1.35. The van der Waals surface area contributed by atoms with Crippen LogP contribution in [0.2, 0.25) is 5.02 Å². The van der Waals surface area contributed by atoms with Gasteiger partial charge in [-0.05, 0) is 24.3 Å². The smallest absolute Gasteiger partial charge is 0.337 e. The summed E-state index contributed by atoms with van der Waals surface area (Å²) < 4.78 is 10.3. The van der Waals surface area contributed by atoms with Crippen molar-refractivity contribution in [3.05, 3.63) is 64.7 Å². The molecule has 0 heterocycles. The van der Waals surface area contributed by atoms with Gasteiger partial charge in [0.2, 0.25) is 0 Å². The number of methoxy groups -OCH3 is 1. The average Bonchev–Trinajstić information content (AvgIpc) is 2.46. The Bertz CT molecular complexity index is 581. The Morgan fingerprint density at radius 1 is 1.16 bits per heavy atom. The van der Waals surface area contributed by atoms with Crippen molar-refractivity contribution in [2.24, 2.45) is 0 Å². The van der Waals surface area contributed by atoms with Gasteiger partial charge < -0.3 is 9.47 Å². The third-order valence-electron chi connectivity index (χ3n) is 2.61. The van der Waals surface area contributed by atoms with E-state index in [1.165, 1.54) is 7.11 Å². The van der Waals surface area contributed by atoms with Crippen molar-refractivity contribution >= 4 is 17.6 Å². The van der Waals surface area contributed by atoms with E-state index in [0.29, 0.717) is 22.9 Å². The molecule has 0 radical (unpaired) electrons. The Morgan fingerprint density at radius 3 is 2.68 bits per heavy atom. The van der Waals surface area contributed by atoms with E-state index in [2.05, 4.69) is 4.74 Å². The molecule has 2 aromatic rings. The van der Waals surface area contributed by atoms with Gasteiger partial charge in [0.15, 0.2) is 0 Å². The average molecular weight is 277 g/mol. The van der Waals surface area contributed by atoms with Crippen LogP contribution in [0.3, 0.4) is 0 Å². The highest BCUT2D eigenvalue weighted by molar-refractivity contribution is 6.31. The Hall–Kier alpha value is -2.00. The fraction of sp³-hybridized carbons (Fsp3) is 0.133. The summed E-state index contributed by atoms with van der Waals surface area (Å²) in [5.74, 6) is 0.214. The maximum Gasteiger partial charge on any atom is 0.337 e. The van der Waals surface area contributed by atoms with Gasteiger partial charge in [0.05, 0.1) is 12.7 Å². The molecule has 0 unspecified atom stereocenters. The molecule has 2 rings (SSSR count). The van der Waals surface area contributed by atoms with Crippen molar-refractivity contribution in [1.29, 1.82) is 0 Å². The highest BCUT2D eigenvalue weighted by Gasteiger charge is 2.06. The lowest BCUT2D eigenvalue weighted by molar-refractivity contribution is 0.0600. The zero-order valence-corrected chi connectivity index (χ0v) is 11.2. The lowest BCUT2D eigenvalue weighted by atomic mass is 10.2. The van der Waals surface area contributed by atoms with Gasteiger partial charge in [-0.3, -0.25) is 0 Å². The second kappa shape index (κ2) is 6.25. The van der Waals surface area contributed by atoms with E-state index in [9.17, 15) is 4.79 Å². The van der Waals surface area contributed by atoms with Gasteiger partial charge in [-0.15, -0.1) is 0 Å². The highest BCUT2D eigenvalue weighted by atomic mass is 35.5. The highest BCUT2D eigenvalue weighted by Crippen LogP contribution is 2.19. The first kappa shape index (κ1) is 13.4. The molecule has 98 valence electrons. The van der Waals surface area contributed by atoms with Crippen molar-refractivity contribution < 1.29 is 14.3 Å². The number of carbonyl (C=O) groups is 1. The number of hydrogen-bond acceptors (Lipinski definition) is 3. The van der Waals surface area contributed by atoms with E-state index in [-0.39, 0.29) is 5.97 Å². The predicted octanol–water partition coefficient (Wildman–Crippen LogP) is 3.71. The van der Waals surface area contributed by atoms with E-state index in [1.54, 1.807) is 24.3 Å². The number of rotatable bonds is 4. The summed E-state index contributed by atoms with van der Waals surface area (Å²) in [6.07, 6.45) is 0. The first-order valence-corrected chi connectivity index (χ1v) is 6.13. The molecule has 0 aromatic heterocycles. The number of carbonyl (C=O) groups excluding carboxylic acids is 1. The number of benzene rings is 2. The van der Waals surface area contributed by atoms with Crippen molar-refractivity contribution in [2.45, 2.75) is 6.61 Å². The maximum atomic E-state index is 11.4. The molecule has 0 aliphatic carbocycles. The van der Waals surface area contributed by atoms with Gasteiger partial charge in [0.25, 0.3) is 0 Å². The van der Waals surface area contributed by atoms with Crippen LogP contribution in [0.4, 0.5) is 0 Å². The first-order valence-electron chi connectivity index (χ1n) is 5.75. The largest absolute Gasteiger partial charge is 0.489 e. The molecular weight excluding hydrogens is 264 g/mol. The Labute approximate surface area is 116 Å². The minimum absolute atomic E-state index is 0.351. The van der Waals surface area contributed by atoms with Crippen LogP contribution in [0.15, 0.2) is 48.5 Å². The molecule has 3 nitrogen and oxygen atoms in total. The van der Waals surface area contributed by atoms with Crippen molar-refractivity contribution in [1.82, 2.24) is 0 Å². The van der Waals surface area contributed by atoms with Gasteiger partial charge in [-0.1, -0.05) is 35.9 Å². The van der Waals surface area contributed by atoms with Crippen LogP contribution in [-0.2, 0) is 11.3 Å². The quantitative estimate of drug-likeness (QED) is 0.799. The van der Waals surface area contributed by atoms with Crippen LogP contribution in [-0.4, -0.2) is 13.1 Å². The standard InChI is InChI=1S/C15H13ClO3/c1-18-15(17)11-6-4-7-13(9-11)19-10-12-5-2-3-8-14(12)16/h2-9H,10H2,1H3. The topological polar surface area (TPSA) is 35.5 Å². The Balaban J connectivity index is 2.08. The van der Waals surface area contributed by atoms with Crippen molar-refractivity contribution in [3.8, 4) is 5.75 Å². The van der Waals surface area contributed by atoms with Crippen LogP contribution in [0.25, 0.3) is 0 Å². The molecule has 4 heteroatoms. The van der Waals surface area contributed by atoms with Crippen molar-refractivity contribution in [3.63, 3.8) is 0 Å². The fourth-order valence-corrected chi connectivity index (χ4v) is 1.80. The van der Waals surface area contributed by atoms with Gasteiger partial charge >= 0.3 is 5.97 Å². The molecule has 0 atom stereocenters. The summed E-state index contributed by atoms with van der Waals surface area (Å²) in [4.78, 5) is 11.4. The molecule has 0 amide bonds. The van der Waals surface area contributed by atoms with E-state index < -0.39 is 0 Å². The molecule has 0 saturated carbocycles. The van der Waals surface area contributed by atoms with Crippen molar-refractivity contribution in [2.75, 3.05) is 7.11 Å². The molecule has 0 fully saturated rings. The van der Waals surface area contributed by atoms with Crippen LogP contribution in [0, 0.1) is 0 Å². The third-order valence-corrected chi connectivity index (χ3v) is 2.98. The Kier molecular flexibility index (Phi) is 4.42. The lowest BCUT2D eigenvalue weighted by Crippen LogP contribution is -2.02. The number of halogens is 1. The molecule has 19 heavy (non-hydrogen) atoms. The molecule has 0 spiro atoms. The van der Waals surface area contributed by atoms with E-state index in [1.807, 2.05) is 24.3 Å². The molecule has 0 aliphatic rings. The zero-order valence-electron chi connectivity index (χ0n) is 10.4. The minimum Gasteiger partial charge on any atom is -0.489 e. The van der Waals surface area contributed by atoms with Crippen LogP contribution >= 0.6 is 11.6 Å². The molecule has 0 N–H and O–H groups in total. The van der Waals surface area contributed by atoms with Gasteiger partial charge in [0, 0.05) is 10.6 Å². The third kappa shape index (κ3) is 3.48. The number of ether oxygens (including phenoxy) is 2. The number of esters is 1. The first-order chi connectivity index (χ1) is 9.20. The molecule has 0 saturated heterocycles. The summed E-state index contributed by atoms with van der Waals surface area (Å²) >= 11 is 6.04. The predicted molar refractivity (Wildman–Crippen MR) is 73.6 cm³/mol. The monoisotopic (exact) mass is 276 g/mol. The molecule has 2 aromatic carbocycles. The van der Waals surface area contributed by atoms with Gasteiger partial charge in [-0.25, -0.2) is 4.79 Å². The molecular formula is C15H13ClO3. The zero-order chi connectivity index (χ0) is 13.7.